The molecule has 2 aromatic rings. The number of carbonyl (C=O) groups excluding carboxylic acids is 1. The quantitative estimate of drug-likeness (QED) is 0.838. The van der Waals surface area contributed by atoms with Crippen molar-refractivity contribution in [2.45, 2.75) is 20.8 Å². The minimum atomic E-state index is -0.622. The largest absolute Gasteiger partial charge is 0.383 e. The molecule has 0 aromatic carbocycles. The van der Waals surface area contributed by atoms with E-state index < -0.39 is 5.91 Å². The number of nitrogens with two attached hydrogens (primary N) is 2. The number of aryl methyl sites for hydroxylation is 3. The Hall–Kier alpha value is -2.50. The number of nitrogen functional groups attached to an aromatic ring is 1. The molecule has 2 aromatic heterocycles. The topological polar surface area (TPSA) is 108 Å². The van der Waals surface area contributed by atoms with Gasteiger partial charge in [-0.1, -0.05) is 0 Å². The van der Waals surface area contributed by atoms with Gasteiger partial charge >= 0.3 is 0 Å². The van der Waals surface area contributed by atoms with E-state index >= 15 is 0 Å². The Labute approximate surface area is 110 Å². The lowest BCUT2D eigenvalue weighted by Gasteiger charge is -2.08. The van der Waals surface area contributed by atoms with Crippen molar-refractivity contribution in [3.05, 3.63) is 34.8 Å². The van der Waals surface area contributed by atoms with Crippen molar-refractivity contribution in [3.63, 3.8) is 0 Å². The van der Waals surface area contributed by atoms with Gasteiger partial charge in [-0.2, -0.15) is 0 Å². The average molecular weight is 257 g/mol. The highest BCUT2D eigenvalue weighted by atomic mass is 16.1. The maximum atomic E-state index is 11.3. The Morgan fingerprint density at radius 1 is 1.05 bits per heavy atom. The van der Waals surface area contributed by atoms with Gasteiger partial charge in [-0.15, -0.1) is 0 Å². The first-order chi connectivity index (χ1) is 8.88. The van der Waals surface area contributed by atoms with E-state index in [2.05, 4.69) is 15.0 Å². The summed E-state index contributed by atoms with van der Waals surface area (Å²) in [6.07, 6.45) is 0. The molecule has 98 valence electrons. The highest BCUT2D eigenvalue weighted by molar-refractivity contribution is 5.98. The zero-order valence-electron chi connectivity index (χ0n) is 11.1. The molecule has 1 amide bonds. The fourth-order valence-electron chi connectivity index (χ4n) is 1.99. The second-order valence-corrected chi connectivity index (χ2v) is 4.40. The highest BCUT2D eigenvalue weighted by Gasteiger charge is 2.15. The van der Waals surface area contributed by atoms with E-state index in [4.69, 9.17) is 11.5 Å². The van der Waals surface area contributed by atoms with E-state index in [9.17, 15) is 4.79 Å². The number of primary amides is 1. The molecule has 0 radical (unpaired) electrons. The van der Waals surface area contributed by atoms with Crippen LogP contribution in [-0.4, -0.2) is 20.9 Å². The number of pyridine rings is 1. The van der Waals surface area contributed by atoms with Gasteiger partial charge in [0.25, 0.3) is 5.91 Å². The number of amides is 1. The van der Waals surface area contributed by atoms with Gasteiger partial charge in [-0.25, -0.2) is 9.97 Å². The number of rotatable bonds is 2. The van der Waals surface area contributed by atoms with E-state index in [1.807, 2.05) is 26.0 Å². The van der Waals surface area contributed by atoms with Gasteiger partial charge in [0, 0.05) is 17.0 Å². The molecule has 19 heavy (non-hydrogen) atoms. The van der Waals surface area contributed by atoms with Crippen LogP contribution in [-0.2, 0) is 0 Å². The van der Waals surface area contributed by atoms with E-state index in [1.54, 1.807) is 6.92 Å². The summed E-state index contributed by atoms with van der Waals surface area (Å²) in [4.78, 5) is 24.0. The number of carbonyl (C=O) groups is 1. The van der Waals surface area contributed by atoms with Crippen molar-refractivity contribution < 1.29 is 4.79 Å². The van der Waals surface area contributed by atoms with Crippen molar-refractivity contribution in [2.75, 3.05) is 5.73 Å². The number of hydrogen-bond acceptors (Lipinski definition) is 5. The van der Waals surface area contributed by atoms with Crippen LogP contribution in [0.15, 0.2) is 12.1 Å². The Kier molecular flexibility index (Phi) is 3.16. The smallest absolute Gasteiger partial charge is 0.254 e. The molecular formula is C13H15N5O. The van der Waals surface area contributed by atoms with Gasteiger partial charge in [-0.3, -0.25) is 9.78 Å². The molecule has 2 heterocycles. The SMILES string of the molecule is Cc1cc(-c2nc(C)c(C(N)=O)c(N)n2)cc(C)n1. The van der Waals surface area contributed by atoms with Crippen molar-refractivity contribution in [2.24, 2.45) is 5.73 Å². The van der Waals surface area contributed by atoms with Crippen LogP contribution in [0, 0.1) is 20.8 Å². The molecular weight excluding hydrogens is 242 g/mol. The molecule has 0 bridgehead atoms. The molecule has 0 unspecified atom stereocenters. The maximum Gasteiger partial charge on any atom is 0.254 e. The van der Waals surface area contributed by atoms with Crippen LogP contribution in [0.25, 0.3) is 11.4 Å². The van der Waals surface area contributed by atoms with E-state index in [-0.39, 0.29) is 11.4 Å². The second kappa shape index (κ2) is 4.64. The Bertz CT molecular complexity index is 623. The van der Waals surface area contributed by atoms with Crippen LogP contribution in [0.2, 0.25) is 0 Å². The molecule has 0 saturated carbocycles. The van der Waals surface area contributed by atoms with Gasteiger partial charge in [-0.05, 0) is 32.9 Å². The zero-order valence-corrected chi connectivity index (χ0v) is 11.1. The third kappa shape index (κ3) is 2.52. The molecule has 0 aliphatic heterocycles. The van der Waals surface area contributed by atoms with Crippen LogP contribution < -0.4 is 11.5 Å². The van der Waals surface area contributed by atoms with Gasteiger partial charge < -0.3 is 11.5 Å². The number of aromatic nitrogens is 3. The number of nitrogens with zero attached hydrogens (tertiary/aromatic N) is 3. The summed E-state index contributed by atoms with van der Waals surface area (Å²) in [6.45, 7) is 5.47. The normalized spacial score (nSPS) is 10.5. The summed E-state index contributed by atoms with van der Waals surface area (Å²) in [5, 5.41) is 0. The third-order valence-corrected chi connectivity index (χ3v) is 2.70. The predicted molar refractivity (Wildman–Crippen MR) is 72.4 cm³/mol. The van der Waals surface area contributed by atoms with Crippen LogP contribution in [0.4, 0.5) is 5.82 Å². The fourth-order valence-corrected chi connectivity index (χ4v) is 1.99. The molecule has 6 nitrogen and oxygen atoms in total. The molecule has 0 atom stereocenters. The van der Waals surface area contributed by atoms with Crippen molar-refractivity contribution >= 4 is 11.7 Å². The molecule has 4 N–H and O–H groups in total. The molecule has 0 fully saturated rings. The van der Waals surface area contributed by atoms with Gasteiger partial charge in [0.2, 0.25) is 0 Å². The van der Waals surface area contributed by atoms with Gasteiger partial charge in [0.1, 0.15) is 11.4 Å². The van der Waals surface area contributed by atoms with Gasteiger partial charge in [0.15, 0.2) is 5.82 Å². The summed E-state index contributed by atoms with van der Waals surface area (Å²) in [5.41, 5.74) is 14.2. The monoisotopic (exact) mass is 257 g/mol. The summed E-state index contributed by atoms with van der Waals surface area (Å²) < 4.78 is 0. The zero-order chi connectivity index (χ0) is 14.2. The van der Waals surface area contributed by atoms with Crippen LogP contribution in [0.1, 0.15) is 27.4 Å². The lowest BCUT2D eigenvalue weighted by Crippen LogP contribution is -2.17. The molecule has 6 heteroatoms. The molecule has 0 aliphatic carbocycles. The average Bonchev–Trinajstić information content (AvgIpc) is 2.25. The first kappa shape index (κ1) is 12.9. The lowest BCUT2D eigenvalue weighted by molar-refractivity contribution is 0.1000. The van der Waals surface area contributed by atoms with Gasteiger partial charge in [0.05, 0.1) is 5.69 Å². The van der Waals surface area contributed by atoms with Crippen molar-refractivity contribution in [1.29, 1.82) is 0 Å². The van der Waals surface area contributed by atoms with E-state index in [0.717, 1.165) is 17.0 Å². The first-order valence-corrected chi connectivity index (χ1v) is 5.78. The van der Waals surface area contributed by atoms with Crippen LogP contribution in [0.3, 0.4) is 0 Å². The third-order valence-electron chi connectivity index (χ3n) is 2.70. The minimum Gasteiger partial charge on any atom is -0.383 e. The summed E-state index contributed by atoms with van der Waals surface area (Å²) >= 11 is 0. The summed E-state index contributed by atoms with van der Waals surface area (Å²) in [5.74, 6) is -0.0562. The number of anilines is 1. The van der Waals surface area contributed by atoms with Crippen molar-refractivity contribution in [3.8, 4) is 11.4 Å². The Morgan fingerprint density at radius 2 is 1.63 bits per heavy atom. The van der Waals surface area contributed by atoms with E-state index in [0.29, 0.717) is 11.5 Å². The second-order valence-electron chi connectivity index (χ2n) is 4.40. The Morgan fingerprint density at radius 3 is 2.11 bits per heavy atom. The molecule has 0 spiro atoms. The molecule has 0 aliphatic rings. The summed E-state index contributed by atoms with van der Waals surface area (Å²) in [6, 6.07) is 3.73. The summed E-state index contributed by atoms with van der Waals surface area (Å²) in [7, 11) is 0. The van der Waals surface area contributed by atoms with Crippen LogP contribution >= 0.6 is 0 Å². The lowest BCUT2D eigenvalue weighted by atomic mass is 10.1. The molecule has 0 saturated heterocycles. The van der Waals surface area contributed by atoms with Crippen molar-refractivity contribution in [1.82, 2.24) is 15.0 Å². The first-order valence-electron chi connectivity index (χ1n) is 5.78. The number of hydrogen-bond donors (Lipinski definition) is 2. The van der Waals surface area contributed by atoms with E-state index in [1.165, 1.54) is 0 Å². The predicted octanol–water partition coefficient (Wildman–Crippen LogP) is 1.14. The maximum absolute atomic E-state index is 11.3. The van der Waals surface area contributed by atoms with Crippen LogP contribution in [0.5, 0.6) is 0 Å². The standard InChI is InChI=1S/C13H15N5O/c1-6-4-9(5-7(2)16-6)13-17-8(3)10(12(15)19)11(14)18-13/h4-5H,1-3H3,(H2,15,19)(H2,14,17,18). The molecule has 2 rings (SSSR count). The minimum absolute atomic E-state index is 0.0992. The fraction of sp³-hybridized carbons (Fsp3) is 0.231. The highest BCUT2D eigenvalue weighted by Crippen LogP contribution is 2.21. The Balaban J connectivity index is 2.61.